The highest BCUT2D eigenvalue weighted by Crippen LogP contribution is 2.39. The third-order valence-electron chi connectivity index (χ3n) is 7.86. The number of aliphatic hydroxyl groups is 1. The molecule has 0 spiro atoms. The predicted octanol–water partition coefficient (Wildman–Crippen LogP) is 3.19. The van der Waals surface area contributed by atoms with Gasteiger partial charge in [0, 0.05) is 23.0 Å². The van der Waals surface area contributed by atoms with Gasteiger partial charge in [-0.25, -0.2) is 0 Å². The van der Waals surface area contributed by atoms with Crippen molar-refractivity contribution in [3.8, 4) is 5.75 Å². The molecule has 4 atom stereocenters. The highest BCUT2D eigenvalue weighted by Gasteiger charge is 2.40. The van der Waals surface area contributed by atoms with Gasteiger partial charge in [-0.3, -0.25) is 19.4 Å². The number of aromatic nitrogens is 1. The van der Waals surface area contributed by atoms with E-state index < -0.39 is 24.0 Å². The van der Waals surface area contributed by atoms with Crippen LogP contribution in [0.4, 0.5) is 0 Å². The average Bonchev–Trinajstić information content (AvgIpc) is 3.33. The van der Waals surface area contributed by atoms with Crippen molar-refractivity contribution in [2.75, 3.05) is 12.4 Å². The molecule has 9 nitrogen and oxygen atoms in total. The lowest BCUT2D eigenvalue weighted by Crippen LogP contribution is -2.53. The van der Waals surface area contributed by atoms with Gasteiger partial charge in [0.15, 0.2) is 6.10 Å². The molecule has 1 aromatic heterocycles. The van der Waals surface area contributed by atoms with Gasteiger partial charge in [0.05, 0.1) is 23.3 Å². The predicted molar refractivity (Wildman–Crippen MR) is 156 cm³/mol. The molecule has 2 heterocycles. The van der Waals surface area contributed by atoms with Crippen LogP contribution >= 0.6 is 11.8 Å². The minimum atomic E-state index is -1.59. The lowest BCUT2D eigenvalue weighted by Gasteiger charge is -2.33. The summed E-state index contributed by atoms with van der Waals surface area (Å²) >= 11 is 1.46. The molecule has 41 heavy (non-hydrogen) atoms. The number of aryl methyl sites for hydroxylation is 1. The number of aliphatic hydroxyl groups excluding tert-OH is 1. The number of hydrogen-bond acceptors (Lipinski definition) is 7. The van der Waals surface area contributed by atoms with Crippen molar-refractivity contribution in [1.82, 2.24) is 20.1 Å². The maximum absolute atomic E-state index is 13.7. The molecule has 10 heteroatoms. The van der Waals surface area contributed by atoms with Crippen LogP contribution in [-0.4, -0.2) is 72.7 Å². The molecule has 1 aliphatic carbocycles. The van der Waals surface area contributed by atoms with Crippen molar-refractivity contribution in [3.63, 3.8) is 0 Å². The first-order valence-corrected chi connectivity index (χ1v) is 14.8. The van der Waals surface area contributed by atoms with Crippen molar-refractivity contribution in [3.05, 3.63) is 94.8 Å². The smallest absolute Gasteiger partial charge is 0.254 e. The van der Waals surface area contributed by atoms with Gasteiger partial charge in [0.25, 0.3) is 11.8 Å². The lowest BCUT2D eigenvalue weighted by atomic mass is 9.99. The van der Waals surface area contributed by atoms with E-state index in [1.54, 1.807) is 25.3 Å². The second-order valence-corrected chi connectivity index (χ2v) is 11.8. The first kappa shape index (κ1) is 28.6. The van der Waals surface area contributed by atoms with Crippen molar-refractivity contribution in [1.29, 1.82) is 0 Å². The van der Waals surface area contributed by atoms with Crippen LogP contribution < -0.4 is 5.32 Å². The SMILES string of the molecule is Cc1c(O)cccc1C(=O)N[C@@H](Cc1ccccc1)[C@H](O)C(=O)N1CSC(C)N([C@H]2CCc3ncccc32)C(=O)C1. The van der Waals surface area contributed by atoms with Crippen LogP contribution in [0.5, 0.6) is 5.75 Å². The summed E-state index contributed by atoms with van der Waals surface area (Å²) in [4.78, 5) is 48.2. The number of pyridine rings is 1. The molecule has 5 rings (SSSR count). The summed E-state index contributed by atoms with van der Waals surface area (Å²) in [7, 11) is 0. The number of phenols is 1. The van der Waals surface area contributed by atoms with E-state index in [1.807, 2.05) is 54.3 Å². The Bertz CT molecular complexity index is 1440. The molecule has 0 radical (unpaired) electrons. The van der Waals surface area contributed by atoms with Gasteiger partial charge in [-0.2, -0.15) is 0 Å². The molecule has 0 bridgehead atoms. The lowest BCUT2D eigenvalue weighted by molar-refractivity contribution is -0.146. The van der Waals surface area contributed by atoms with Gasteiger partial charge >= 0.3 is 0 Å². The minimum absolute atomic E-state index is 0.0201. The molecule has 1 fully saturated rings. The maximum atomic E-state index is 13.7. The van der Waals surface area contributed by atoms with Gasteiger partial charge in [0.1, 0.15) is 12.3 Å². The second-order valence-electron chi connectivity index (χ2n) is 10.5. The number of carbonyl (C=O) groups is 3. The zero-order valence-electron chi connectivity index (χ0n) is 23.1. The van der Waals surface area contributed by atoms with E-state index in [-0.39, 0.29) is 47.5 Å². The highest BCUT2D eigenvalue weighted by atomic mass is 32.2. The Morgan fingerprint density at radius 3 is 2.68 bits per heavy atom. The molecule has 3 amide bonds. The number of rotatable bonds is 7. The monoisotopic (exact) mass is 574 g/mol. The van der Waals surface area contributed by atoms with E-state index in [4.69, 9.17) is 0 Å². The molecule has 214 valence electrons. The van der Waals surface area contributed by atoms with Crippen LogP contribution in [-0.2, 0) is 22.4 Å². The Hall–Kier alpha value is -3.89. The van der Waals surface area contributed by atoms with Gasteiger partial charge in [-0.05, 0) is 62.4 Å². The van der Waals surface area contributed by atoms with E-state index in [2.05, 4.69) is 10.3 Å². The number of amides is 3. The number of nitrogens with one attached hydrogen (secondary N) is 1. The number of hydrogen-bond donors (Lipinski definition) is 3. The Kier molecular flexibility index (Phi) is 8.60. The van der Waals surface area contributed by atoms with Crippen molar-refractivity contribution in [2.24, 2.45) is 0 Å². The quantitative estimate of drug-likeness (QED) is 0.396. The van der Waals surface area contributed by atoms with E-state index in [0.29, 0.717) is 5.56 Å². The largest absolute Gasteiger partial charge is 0.508 e. The van der Waals surface area contributed by atoms with Crippen LogP contribution in [0.1, 0.15) is 52.1 Å². The van der Waals surface area contributed by atoms with Gasteiger partial charge in [-0.15, -0.1) is 11.8 Å². The van der Waals surface area contributed by atoms with Gasteiger partial charge in [0.2, 0.25) is 5.91 Å². The van der Waals surface area contributed by atoms with E-state index in [0.717, 1.165) is 29.7 Å². The standard InChI is InChI=1S/C31H34N4O5S/c1-19-22(10-6-12-27(19)36)30(39)33-25(16-21-8-4-3-5-9-21)29(38)31(40)34-17-28(37)35(20(2)41-18-34)26-14-13-24-23(26)11-7-15-32-24/h3-12,15,20,25-26,29,36,38H,13-14,16-18H2,1-2H3,(H,33,39)/t20?,25-,26-,29-/m0/s1. The number of phenolic OH excluding ortho intramolecular Hbond substituents is 1. The third-order valence-corrected chi connectivity index (χ3v) is 9.03. The molecule has 3 N–H and O–H groups in total. The fourth-order valence-corrected chi connectivity index (χ4v) is 6.64. The van der Waals surface area contributed by atoms with E-state index in [1.165, 1.54) is 22.7 Å². The molecule has 1 unspecified atom stereocenters. The summed E-state index contributed by atoms with van der Waals surface area (Å²) in [5.41, 5.74) is 3.51. The fraction of sp³-hybridized carbons (Fsp3) is 0.355. The summed E-state index contributed by atoms with van der Waals surface area (Å²) in [6.07, 6.45) is 1.93. The Morgan fingerprint density at radius 2 is 1.90 bits per heavy atom. The van der Waals surface area contributed by atoms with Crippen molar-refractivity contribution >= 4 is 29.5 Å². The molecule has 0 saturated carbocycles. The molecular weight excluding hydrogens is 540 g/mol. The summed E-state index contributed by atoms with van der Waals surface area (Å²) in [6.45, 7) is 3.41. The van der Waals surface area contributed by atoms with Crippen LogP contribution in [0, 0.1) is 6.92 Å². The molecule has 2 aromatic carbocycles. The zero-order valence-corrected chi connectivity index (χ0v) is 23.9. The summed E-state index contributed by atoms with van der Waals surface area (Å²) < 4.78 is 0. The van der Waals surface area contributed by atoms with Gasteiger partial charge in [-0.1, -0.05) is 42.5 Å². The average molecular weight is 575 g/mol. The molecule has 1 saturated heterocycles. The summed E-state index contributed by atoms with van der Waals surface area (Å²) in [5.74, 6) is -1.12. The van der Waals surface area contributed by atoms with Crippen molar-refractivity contribution < 1.29 is 24.6 Å². The number of nitrogens with zero attached hydrogens (tertiary/aromatic N) is 3. The molecule has 1 aliphatic heterocycles. The van der Waals surface area contributed by atoms with E-state index >= 15 is 0 Å². The summed E-state index contributed by atoms with van der Waals surface area (Å²) in [6, 6.07) is 16.7. The Balaban J connectivity index is 1.35. The normalized spacial score (nSPS) is 20.2. The number of thioether (sulfide) groups is 1. The topological polar surface area (TPSA) is 123 Å². The Morgan fingerprint density at radius 1 is 1.12 bits per heavy atom. The molecule has 3 aromatic rings. The van der Waals surface area contributed by atoms with Gasteiger partial charge < -0.3 is 25.3 Å². The van der Waals surface area contributed by atoms with E-state index in [9.17, 15) is 24.6 Å². The van der Waals surface area contributed by atoms with Crippen LogP contribution in [0.3, 0.4) is 0 Å². The Labute approximate surface area is 243 Å². The minimum Gasteiger partial charge on any atom is -0.508 e. The number of carbonyl (C=O) groups excluding carboxylic acids is 3. The third kappa shape index (κ3) is 6.08. The first-order valence-electron chi connectivity index (χ1n) is 13.7. The van der Waals surface area contributed by atoms with Crippen LogP contribution in [0.15, 0.2) is 66.9 Å². The number of fused-ring (bicyclic) bond motifs is 1. The van der Waals surface area contributed by atoms with Crippen LogP contribution in [0.25, 0.3) is 0 Å². The van der Waals surface area contributed by atoms with Crippen LogP contribution in [0.2, 0.25) is 0 Å². The maximum Gasteiger partial charge on any atom is 0.254 e. The molecule has 2 aliphatic rings. The second kappa shape index (κ2) is 12.3. The molecular formula is C31H34N4O5S. The number of aromatic hydroxyl groups is 1. The highest BCUT2D eigenvalue weighted by molar-refractivity contribution is 7.99. The number of benzene rings is 2. The zero-order chi connectivity index (χ0) is 29.1. The summed E-state index contributed by atoms with van der Waals surface area (Å²) in [5, 5.41) is 24.1. The van der Waals surface area contributed by atoms with Crippen molar-refractivity contribution in [2.45, 2.75) is 56.7 Å². The fourth-order valence-electron chi connectivity index (χ4n) is 5.61. The first-order chi connectivity index (χ1) is 19.7.